The van der Waals surface area contributed by atoms with Gasteiger partial charge in [-0.1, -0.05) is 6.07 Å². The van der Waals surface area contributed by atoms with Crippen molar-refractivity contribution < 1.29 is 9.52 Å². The van der Waals surface area contributed by atoms with E-state index in [0.717, 1.165) is 0 Å². The van der Waals surface area contributed by atoms with Crippen molar-refractivity contribution in [3.63, 3.8) is 0 Å². The molecule has 0 N–H and O–H groups in total. The fraction of sp³-hybridized carbons (Fsp3) is 0. The van der Waals surface area contributed by atoms with Crippen LogP contribution in [0.25, 0.3) is 6.08 Å². The predicted octanol–water partition coefficient (Wildman–Crippen LogP) is 1.61. The van der Waals surface area contributed by atoms with Crippen LogP contribution in [-0.4, -0.2) is 10.8 Å². The molecule has 4 nitrogen and oxygen atoms in total. The fourth-order valence-corrected chi connectivity index (χ4v) is 1.34. The van der Waals surface area contributed by atoms with Crippen molar-refractivity contribution in [3.05, 3.63) is 71.5 Å². The molecule has 0 saturated carbocycles. The Kier molecular flexibility index (Phi) is 3.25. The molecule has 0 aliphatic rings. The first-order valence-corrected chi connectivity index (χ1v) is 5.09. The van der Waals surface area contributed by atoms with Crippen LogP contribution in [0.3, 0.4) is 0 Å². The molecule has 4 heteroatoms. The molecule has 2 heterocycles. The largest absolute Gasteiger partial charge is 0.618 e. The summed E-state index contributed by atoms with van der Waals surface area (Å²) in [6, 6.07) is 10.1. The van der Waals surface area contributed by atoms with E-state index in [-0.39, 0.29) is 11.5 Å². The Balaban J connectivity index is 2.18. The van der Waals surface area contributed by atoms with Crippen LogP contribution in [0, 0.1) is 5.21 Å². The molecular weight excluding hydrogens is 216 g/mol. The number of allylic oxidation sites excluding steroid dienone is 1. The molecule has 0 aliphatic heterocycles. The average molecular weight is 226 g/mol. The fourth-order valence-electron chi connectivity index (χ4n) is 1.34. The summed E-state index contributed by atoms with van der Waals surface area (Å²) in [5, 5.41) is 11.3. The zero-order valence-electron chi connectivity index (χ0n) is 8.98. The van der Waals surface area contributed by atoms with E-state index < -0.39 is 0 Å². The van der Waals surface area contributed by atoms with E-state index in [9.17, 15) is 10.0 Å². The van der Waals surface area contributed by atoms with Crippen molar-refractivity contribution in [2.75, 3.05) is 0 Å². The van der Waals surface area contributed by atoms with E-state index in [1.165, 1.54) is 18.3 Å². The summed E-state index contributed by atoms with van der Waals surface area (Å²) in [5.74, 6) is -0.341. The normalized spacial score (nSPS) is 10.6. The maximum atomic E-state index is 11.7. The van der Waals surface area contributed by atoms with Gasteiger partial charge in [0.15, 0.2) is 6.20 Å². The lowest BCUT2D eigenvalue weighted by molar-refractivity contribution is -0.607. The second-order valence-electron chi connectivity index (χ2n) is 3.36. The number of ketones is 1. The van der Waals surface area contributed by atoms with Crippen LogP contribution in [0.2, 0.25) is 0 Å². The monoisotopic (exact) mass is 226 g/mol. The Morgan fingerprint density at radius 3 is 2.76 bits per heavy atom. The van der Waals surface area contributed by atoms with Crippen LogP contribution < -0.4 is 4.73 Å². The molecule has 0 unspecified atom stereocenters. The molecule has 84 valence electrons. The average Bonchev–Trinajstić information content (AvgIpc) is 2.38. The molecule has 0 atom stereocenters. The number of pyridine rings is 2. The molecule has 0 spiro atoms. The van der Waals surface area contributed by atoms with Crippen molar-refractivity contribution in [2.45, 2.75) is 0 Å². The Bertz CT molecular complexity index is 550. The molecule has 2 aromatic rings. The number of rotatable bonds is 3. The highest BCUT2D eigenvalue weighted by molar-refractivity contribution is 6.04. The minimum atomic E-state index is -0.341. The third-order valence-corrected chi connectivity index (χ3v) is 2.17. The van der Waals surface area contributed by atoms with Gasteiger partial charge in [-0.3, -0.25) is 9.78 Å². The van der Waals surface area contributed by atoms with Gasteiger partial charge in [0, 0.05) is 18.3 Å². The van der Waals surface area contributed by atoms with Gasteiger partial charge >= 0.3 is 0 Å². The quantitative estimate of drug-likeness (QED) is 0.346. The Hall–Kier alpha value is -2.49. The second kappa shape index (κ2) is 5.03. The Labute approximate surface area is 98.5 Å². The SMILES string of the molecule is O=C(/C=C\c1ccccn1)c1cccc[n+]1[O-]. The summed E-state index contributed by atoms with van der Waals surface area (Å²) in [5.41, 5.74) is 0.772. The first-order chi connectivity index (χ1) is 8.27. The molecule has 0 aliphatic carbocycles. The van der Waals surface area contributed by atoms with Crippen LogP contribution in [0.4, 0.5) is 0 Å². The number of hydrogen-bond acceptors (Lipinski definition) is 3. The van der Waals surface area contributed by atoms with E-state index in [1.807, 2.05) is 6.07 Å². The maximum absolute atomic E-state index is 11.7. The highest BCUT2D eigenvalue weighted by Crippen LogP contribution is 2.00. The maximum Gasteiger partial charge on any atom is 0.264 e. The van der Waals surface area contributed by atoms with Crippen LogP contribution in [0.5, 0.6) is 0 Å². The van der Waals surface area contributed by atoms with Crippen molar-refractivity contribution in [1.82, 2.24) is 4.98 Å². The van der Waals surface area contributed by atoms with Gasteiger partial charge in [0.25, 0.3) is 11.5 Å². The molecule has 17 heavy (non-hydrogen) atoms. The summed E-state index contributed by atoms with van der Waals surface area (Å²) < 4.78 is 0.547. The summed E-state index contributed by atoms with van der Waals surface area (Å²) in [7, 11) is 0. The Morgan fingerprint density at radius 1 is 1.24 bits per heavy atom. The number of carbonyl (C=O) groups is 1. The second-order valence-corrected chi connectivity index (χ2v) is 3.36. The molecule has 0 saturated heterocycles. The summed E-state index contributed by atoms with van der Waals surface area (Å²) >= 11 is 0. The van der Waals surface area contributed by atoms with Gasteiger partial charge in [0.1, 0.15) is 0 Å². The van der Waals surface area contributed by atoms with Gasteiger partial charge in [-0.2, -0.15) is 4.73 Å². The zero-order valence-corrected chi connectivity index (χ0v) is 8.98. The number of nitrogens with zero attached hydrogens (tertiary/aromatic N) is 2. The minimum absolute atomic E-state index is 0.0969. The Morgan fingerprint density at radius 2 is 2.06 bits per heavy atom. The van der Waals surface area contributed by atoms with Crippen molar-refractivity contribution >= 4 is 11.9 Å². The van der Waals surface area contributed by atoms with Gasteiger partial charge in [-0.15, -0.1) is 0 Å². The first kappa shape index (κ1) is 11.0. The van der Waals surface area contributed by atoms with Crippen molar-refractivity contribution in [3.8, 4) is 0 Å². The van der Waals surface area contributed by atoms with Crippen LogP contribution >= 0.6 is 0 Å². The minimum Gasteiger partial charge on any atom is -0.618 e. The van der Waals surface area contributed by atoms with E-state index >= 15 is 0 Å². The summed E-state index contributed by atoms with van der Waals surface area (Å²) in [6.45, 7) is 0. The third-order valence-electron chi connectivity index (χ3n) is 2.17. The number of hydrogen-bond donors (Lipinski definition) is 0. The van der Waals surface area contributed by atoms with E-state index in [2.05, 4.69) is 4.98 Å². The molecule has 2 aromatic heterocycles. The lowest BCUT2D eigenvalue weighted by atomic mass is 10.2. The van der Waals surface area contributed by atoms with Gasteiger partial charge in [0.05, 0.1) is 5.69 Å². The van der Waals surface area contributed by atoms with E-state index in [0.29, 0.717) is 10.4 Å². The lowest BCUT2D eigenvalue weighted by Gasteiger charge is -1.99. The molecular formula is C13H10N2O2. The molecule has 0 aromatic carbocycles. The van der Waals surface area contributed by atoms with Crippen LogP contribution in [0.1, 0.15) is 16.2 Å². The highest BCUT2D eigenvalue weighted by atomic mass is 16.5. The molecule has 0 radical (unpaired) electrons. The summed E-state index contributed by atoms with van der Waals surface area (Å²) in [4.78, 5) is 15.7. The topological polar surface area (TPSA) is 56.9 Å². The van der Waals surface area contributed by atoms with E-state index in [4.69, 9.17) is 0 Å². The number of carbonyl (C=O) groups excluding carboxylic acids is 1. The van der Waals surface area contributed by atoms with Gasteiger partial charge < -0.3 is 5.21 Å². The van der Waals surface area contributed by atoms with Crippen LogP contribution in [0.15, 0.2) is 54.9 Å². The smallest absolute Gasteiger partial charge is 0.264 e. The van der Waals surface area contributed by atoms with Gasteiger partial charge in [-0.05, 0) is 30.4 Å². The van der Waals surface area contributed by atoms with Crippen LogP contribution in [-0.2, 0) is 0 Å². The standard InChI is InChI=1S/C13H10N2O2/c16-13(12-6-2-4-10-15(12)17)8-7-11-5-1-3-9-14-11/h1-10H/b8-7-. The van der Waals surface area contributed by atoms with Crippen molar-refractivity contribution in [2.24, 2.45) is 0 Å². The van der Waals surface area contributed by atoms with Crippen molar-refractivity contribution in [1.29, 1.82) is 0 Å². The predicted molar refractivity (Wildman–Crippen MR) is 63.0 cm³/mol. The van der Waals surface area contributed by atoms with Gasteiger partial charge in [0.2, 0.25) is 0 Å². The lowest BCUT2D eigenvalue weighted by Crippen LogP contribution is -2.33. The van der Waals surface area contributed by atoms with E-state index in [1.54, 1.807) is 36.5 Å². The first-order valence-electron chi connectivity index (χ1n) is 5.09. The van der Waals surface area contributed by atoms with Gasteiger partial charge in [-0.25, -0.2) is 0 Å². The zero-order chi connectivity index (χ0) is 12.1. The molecule has 2 rings (SSSR count). The number of aromatic nitrogens is 2. The molecule has 0 fully saturated rings. The molecule has 0 bridgehead atoms. The third kappa shape index (κ3) is 2.75. The highest BCUT2D eigenvalue weighted by Gasteiger charge is 2.10. The molecule has 0 amide bonds. The summed E-state index contributed by atoms with van der Waals surface area (Å²) in [6.07, 6.45) is 5.85.